The van der Waals surface area contributed by atoms with Crippen molar-refractivity contribution in [2.75, 3.05) is 5.32 Å². The van der Waals surface area contributed by atoms with Crippen molar-refractivity contribution in [3.05, 3.63) is 33.7 Å². The van der Waals surface area contributed by atoms with Crippen LogP contribution in [0.25, 0.3) is 0 Å². The quantitative estimate of drug-likeness (QED) is 0.695. The van der Waals surface area contributed by atoms with Gasteiger partial charge in [-0.25, -0.2) is 19.1 Å². The fourth-order valence-corrected chi connectivity index (χ4v) is 5.38. The third-order valence-electron chi connectivity index (χ3n) is 4.63. The Labute approximate surface area is 168 Å². The number of hydrogen-bond donors (Lipinski definition) is 3. The first-order valence-electron chi connectivity index (χ1n) is 9.08. The van der Waals surface area contributed by atoms with Gasteiger partial charge in [0.25, 0.3) is 0 Å². The van der Waals surface area contributed by atoms with E-state index < -0.39 is 21.5 Å². The Balaban J connectivity index is 1.94. The number of pyridine rings is 1. The molecule has 0 radical (unpaired) electrons. The molecule has 0 saturated carbocycles. The fourth-order valence-electron chi connectivity index (χ4n) is 3.31. The van der Waals surface area contributed by atoms with Crippen LogP contribution >= 0.6 is 11.3 Å². The molecule has 3 rings (SSSR count). The number of aryl methyl sites for hydroxylation is 2. The molecule has 28 heavy (non-hydrogen) atoms. The molecule has 0 fully saturated rings. The summed E-state index contributed by atoms with van der Waals surface area (Å²) in [6.45, 7) is 7.05. The molecule has 2 amide bonds. The van der Waals surface area contributed by atoms with Crippen LogP contribution in [0.3, 0.4) is 0 Å². The van der Waals surface area contributed by atoms with Gasteiger partial charge in [-0.3, -0.25) is 4.98 Å². The summed E-state index contributed by atoms with van der Waals surface area (Å²) in [6.07, 6.45) is 4.72. The van der Waals surface area contributed by atoms with Gasteiger partial charge in [0.1, 0.15) is 14.8 Å². The molecule has 8 nitrogen and oxygen atoms in total. The highest BCUT2D eigenvalue weighted by Crippen LogP contribution is 2.33. The summed E-state index contributed by atoms with van der Waals surface area (Å²) in [7, 11) is -3.47. The summed E-state index contributed by atoms with van der Waals surface area (Å²) in [4.78, 5) is 21.2. The monoisotopic (exact) mass is 423 g/mol. The summed E-state index contributed by atoms with van der Waals surface area (Å²) in [6, 6.07) is -0.764. The zero-order valence-electron chi connectivity index (χ0n) is 16.4. The molecule has 0 aliphatic heterocycles. The lowest BCUT2D eigenvalue weighted by molar-refractivity contribution is 0.0783. The molecule has 0 bridgehead atoms. The van der Waals surface area contributed by atoms with E-state index in [1.54, 1.807) is 13.8 Å². The lowest BCUT2D eigenvalue weighted by atomic mass is 10.0. The molecule has 1 atom stereocenters. The molecule has 152 valence electrons. The molecule has 2 aromatic heterocycles. The van der Waals surface area contributed by atoms with Crippen molar-refractivity contribution < 1.29 is 14.1 Å². The van der Waals surface area contributed by atoms with Gasteiger partial charge in [-0.2, -0.15) is 0 Å². The Kier molecular flexibility index (Phi) is 5.59. The van der Waals surface area contributed by atoms with Crippen LogP contribution in [0.15, 0.2) is 14.8 Å². The number of aliphatic hydroxyl groups is 1. The molecule has 0 aromatic carbocycles. The van der Waals surface area contributed by atoms with Gasteiger partial charge in [-0.05, 0) is 57.6 Å². The average Bonchev–Trinajstić information content (AvgIpc) is 3.23. The first-order chi connectivity index (χ1) is 13.0. The van der Waals surface area contributed by atoms with Gasteiger partial charge in [-0.1, -0.05) is 6.92 Å². The van der Waals surface area contributed by atoms with Gasteiger partial charge in [0, 0.05) is 11.4 Å². The minimum atomic E-state index is -3.47. The second-order valence-electron chi connectivity index (χ2n) is 7.32. The zero-order valence-corrected chi connectivity index (χ0v) is 18.0. The molecule has 4 N–H and O–H groups in total. The number of thiazole rings is 1. The zero-order chi connectivity index (χ0) is 20.7. The average molecular weight is 424 g/mol. The predicted octanol–water partition coefficient (Wildman–Crippen LogP) is 3.06. The number of aromatic nitrogens is 2. The molecule has 10 heteroatoms. The van der Waals surface area contributed by atoms with E-state index in [0.29, 0.717) is 17.1 Å². The van der Waals surface area contributed by atoms with Crippen LogP contribution in [-0.2, 0) is 34.8 Å². The summed E-state index contributed by atoms with van der Waals surface area (Å²) in [5, 5.41) is 19.0. The van der Waals surface area contributed by atoms with Crippen molar-refractivity contribution in [1.82, 2.24) is 9.97 Å². The molecule has 0 unspecified atom stereocenters. The third kappa shape index (κ3) is 4.09. The van der Waals surface area contributed by atoms with E-state index in [1.165, 1.54) is 6.20 Å². The number of carbonyl (C=O) groups is 1. The third-order valence-corrected chi connectivity index (χ3v) is 7.82. The van der Waals surface area contributed by atoms with Crippen molar-refractivity contribution in [3.8, 4) is 0 Å². The minimum absolute atomic E-state index is 0.145. The van der Waals surface area contributed by atoms with Gasteiger partial charge in [0.2, 0.25) is 0 Å². The fraction of sp³-hybridized carbons (Fsp3) is 0.500. The number of amides is 2. The minimum Gasteiger partial charge on any atom is -0.383 e. The van der Waals surface area contributed by atoms with E-state index in [4.69, 9.17) is 5.14 Å². The number of hydrogen-bond acceptors (Lipinski definition) is 6. The Morgan fingerprint density at radius 1 is 1.46 bits per heavy atom. The van der Waals surface area contributed by atoms with Crippen molar-refractivity contribution in [2.24, 2.45) is 9.50 Å². The van der Waals surface area contributed by atoms with Gasteiger partial charge in [0.05, 0.1) is 11.9 Å². The van der Waals surface area contributed by atoms with Crippen LogP contribution in [0.1, 0.15) is 54.7 Å². The van der Waals surface area contributed by atoms with E-state index in [-0.39, 0.29) is 4.21 Å². The number of carbonyl (C=O) groups excluding carboxylic acids is 1. The molecule has 0 saturated heterocycles. The lowest BCUT2D eigenvalue weighted by Gasteiger charge is -2.16. The Hall–Kier alpha value is -1.88. The van der Waals surface area contributed by atoms with E-state index in [2.05, 4.69) is 19.6 Å². The Morgan fingerprint density at radius 3 is 2.79 bits per heavy atom. The molecule has 0 spiro atoms. The summed E-state index contributed by atoms with van der Waals surface area (Å²) >= 11 is 0.980. The number of fused-ring (bicyclic) bond motifs is 1. The van der Waals surface area contributed by atoms with Gasteiger partial charge < -0.3 is 10.4 Å². The van der Waals surface area contributed by atoms with E-state index >= 15 is 0 Å². The highest BCUT2D eigenvalue weighted by Gasteiger charge is 2.25. The largest absolute Gasteiger partial charge is 0.383 e. The summed E-state index contributed by atoms with van der Waals surface area (Å²) in [5.74, 6) is 0. The topological polar surface area (TPSA) is 131 Å². The Bertz CT molecular complexity index is 1040. The molecular weight excluding hydrogens is 398 g/mol. The second-order valence-corrected chi connectivity index (χ2v) is 10.4. The van der Waals surface area contributed by atoms with E-state index in [9.17, 15) is 14.1 Å². The number of nitrogens with zero attached hydrogens (tertiary/aromatic N) is 3. The maximum Gasteiger partial charge on any atom is 0.354 e. The van der Waals surface area contributed by atoms with Gasteiger partial charge in [0.15, 0.2) is 9.92 Å². The highest BCUT2D eigenvalue weighted by atomic mass is 32.2. The Morgan fingerprint density at radius 2 is 2.18 bits per heavy atom. The van der Waals surface area contributed by atoms with Crippen molar-refractivity contribution in [2.45, 2.75) is 63.2 Å². The number of anilines is 1. The highest BCUT2D eigenvalue weighted by molar-refractivity contribution is 7.93. The van der Waals surface area contributed by atoms with Crippen molar-refractivity contribution in [1.29, 1.82) is 0 Å². The van der Waals surface area contributed by atoms with Crippen molar-refractivity contribution in [3.63, 3.8) is 0 Å². The van der Waals surface area contributed by atoms with Crippen LogP contribution < -0.4 is 10.5 Å². The number of rotatable bonds is 4. The molecule has 2 heterocycles. The maximum atomic E-state index is 12.8. The second kappa shape index (κ2) is 7.51. The molecule has 2 aromatic rings. The van der Waals surface area contributed by atoms with Gasteiger partial charge >= 0.3 is 6.03 Å². The van der Waals surface area contributed by atoms with Gasteiger partial charge in [-0.15, -0.1) is 15.7 Å². The van der Waals surface area contributed by atoms with E-state index in [1.807, 2.05) is 13.8 Å². The number of nitrogens with one attached hydrogen (secondary N) is 1. The normalized spacial score (nSPS) is 15.8. The number of urea groups is 1. The maximum absolute atomic E-state index is 12.8. The van der Waals surface area contributed by atoms with Crippen molar-refractivity contribution >= 4 is 33.0 Å². The summed E-state index contributed by atoms with van der Waals surface area (Å²) < 4.78 is 16.7. The molecule has 1 aliphatic carbocycles. The van der Waals surface area contributed by atoms with Crippen LogP contribution in [0.2, 0.25) is 0 Å². The first kappa shape index (κ1) is 20.8. The van der Waals surface area contributed by atoms with E-state index in [0.717, 1.165) is 53.1 Å². The van der Waals surface area contributed by atoms with Crippen LogP contribution in [0.4, 0.5) is 10.5 Å². The first-order valence-corrected chi connectivity index (χ1v) is 11.5. The number of nitrogens with two attached hydrogens (primary N) is 1. The van der Waals surface area contributed by atoms with Crippen LogP contribution in [0, 0.1) is 6.92 Å². The molecular formula is C18H25N5O3S2. The van der Waals surface area contributed by atoms with Crippen LogP contribution in [-0.4, -0.2) is 25.3 Å². The SMILES string of the molecule is CCc1c(C)nc2c(c1NC(=O)N=[S@@](N)(=O)c1cnc(C(C)(C)O)s1)CCC2. The van der Waals surface area contributed by atoms with Crippen LogP contribution in [0.5, 0.6) is 0 Å². The predicted molar refractivity (Wildman–Crippen MR) is 110 cm³/mol. The lowest BCUT2D eigenvalue weighted by Crippen LogP contribution is -2.18. The standard InChI is InChI=1S/C18H25N5O3S2/c1-5-11-10(2)21-13-8-6-7-12(13)15(11)22-17(24)23-28(19,26)14-9-20-16(27-14)18(3,4)25/h9,25H,5-8H2,1-4H3,(H3,19,21,22,23,24,26)/t28-/m1/s1. The smallest absolute Gasteiger partial charge is 0.354 e. The summed E-state index contributed by atoms with van der Waals surface area (Å²) in [5.41, 5.74) is 3.38. The molecule has 1 aliphatic rings.